The van der Waals surface area contributed by atoms with E-state index < -0.39 is 12.8 Å². The van der Waals surface area contributed by atoms with Crippen molar-refractivity contribution in [3.63, 3.8) is 0 Å². The van der Waals surface area contributed by atoms with Crippen molar-refractivity contribution in [2.24, 2.45) is 12.0 Å². The highest BCUT2D eigenvalue weighted by atomic mass is 19.4. The van der Waals surface area contributed by atoms with Crippen molar-refractivity contribution in [1.82, 2.24) is 30.4 Å². The summed E-state index contributed by atoms with van der Waals surface area (Å²) in [4.78, 5) is 12.0. The minimum atomic E-state index is -4.39. The predicted molar refractivity (Wildman–Crippen MR) is 83.8 cm³/mol. The topological polar surface area (TPSA) is 89.2 Å². The quantitative estimate of drug-likeness (QED) is 0.593. The molecule has 0 aliphatic carbocycles. The van der Waals surface area contributed by atoms with Gasteiger partial charge in [-0.05, 0) is 5.56 Å². The van der Waals surface area contributed by atoms with E-state index in [1.165, 1.54) is 18.6 Å². The molecule has 0 unspecified atom stereocenters. The van der Waals surface area contributed by atoms with E-state index >= 15 is 0 Å². The van der Waals surface area contributed by atoms with Gasteiger partial charge in [-0.2, -0.15) is 18.3 Å². The number of aromatic nitrogens is 4. The molecular weight excluding hydrogens is 339 g/mol. The number of hydrogen-bond acceptors (Lipinski definition) is 5. The fourth-order valence-corrected chi connectivity index (χ4v) is 1.81. The van der Waals surface area contributed by atoms with Gasteiger partial charge in [-0.1, -0.05) is 6.07 Å². The molecule has 0 aliphatic rings. The summed E-state index contributed by atoms with van der Waals surface area (Å²) in [6, 6.07) is 3.01. The fraction of sp³-hybridized carbons (Fsp3) is 0.429. The third-order valence-corrected chi connectivity index (χ3v) is 3.08. The normalized spacial score (nSPS) is 12.1. The average molecular weight is 357 g/mol. The Morgan fingerprint density at radius 2 is 2.00 bits per heavy atom. The summed E-state index contributed by atoms with van der Waals surface area (Å²) in [7, 11) is 3.41. The maximum absolute atomic E-state index is 12.1. The number of ether oxygens (including phenoxy) is 1. The van der Waals surface area contributed by atoms with Crippen molar-refractivity contribution < 1.29 is 17.9 Å². The lowest BCUT2D eigenvalue weighted by molar-refractivity contribution is -0.154. The van der Waals surface area contributed by atoms with E-state index in [0.29, 0.717) is 19.0 Å². The molecule has 0 amide bonds. The molecule has 0 saturated carbocycles. The van der Waals surface area contributed by atoms with E-state index in [4.69, 9.17) is 0 Å². The summed E-state index contributed by atoms with van der Waals surface area (Å²) in [5.41, 5.74) is 0.765. The largest absolute Gasteiger partial charge is 0.468 e. The van der Waals surface area contributed by atoms with Gasteiger partial charge >= 0.3 is 6.18 Å². The van der Waals surface area contributed by atoms with Gasteiger partial charge in [0.25, 0.3) is 0 Å². The third kappa shape index (κ3) is 6.28. The molecule has 2 aromatic rings. The lowest BCUT2D eigenvalue weighted by Gasteiger charge is -2.12. The number of guanidine groups is 1. The molecule has 0 fully saturated rings. The van der Waals surface area contributed by atoms with Gasteiger partial charge in [0.05, 0.1) is 6.54 Å². The summed E-state index contributed by atoms with van der Waals surface area (Å²) in [6.07, 6.45) is -1.49. The van der Waals surface area contributed by atoms with Crippen LogP contribution in [0, 0.1) is 0 Å². The van der Waals surface area contributed by atoms with Crippen LogP contribution < -0.4 is 15.4 Å². The number of aryl methyl sites for hydroxylation is 1. The number of halogens is 3. The second-order valence-electron chi connectivity index (χ2n) is 4.99. The Labute approximate surface area is 142 Å². The molecule has 0 aromatic carbocycles. The van der Waals surface area contributed by atoms with Crippen LogP contribution in [0.3, 0.4) is 0 Å². The van der Waals surface area contributed by atoms with Gasteiger partial charge in [0.15, 0.2) is 12.6 Å². The van der Waals surface area contributed by atoms with Gasteiger partial charge < -0.3 is 15.4 Å². The number of hydrogen-bond donors (Lipinski definition) is 2. The molecule has 0 saturated heterocycles. The van der Waals surface area contributed by atoms with E-state index in [-0.39, 0.29) is 5.88 Å². The van der Waals surface area contributed by atoms with E-state index in [2.05, 4.69) is 35.4 Å². The van der Waals surface area contributed by atoms with Crippen LogP contribution in [0.5, 0.6) is 5.88 Å². The second-order valence-corrected chi connectivity index (χ2v) is 4.99. The van der Waals surface area contributed by atoms with Gasteiger partial charge in [-0.3, -0.25) is 9.67 Å². The van der Waals surface area contributed by atoms with Gasteiger partial charge in [0, 0.05) is 32.9 Å². The summed E-state index contributed by atoms with van der Waals surface area (Å²) in [5.74, 6) is 1.21. The predicted octanol–water partition coefficient (Wildman–Crippen LogP) is 1.02. The molecule has 0 radical (unpaired) electrons. The maximum atomic E-state index is 12.1. The molecule has 25 heavy (non-hydrogen) atoms. The summed E-state index contributed by atoms with van der Waals surface area (Å²) in [6.45, 7) is -0.528. The molecule has 0 atom stereocenters. The standard InChI is InChI=1S/C14H18F3N7O/c1-18-13(21-7-11-22-9-23-24(11)2)20-6-10-3-4-12(19-5-10)25-8-14(15,16)17/h3-5,9H,6-8H2,1-2H3,(H2,18,20,21). The molecule has 136 valence electrons. The number of nitrogens with zero attached hydrogens (tertiary/aromatic N) is 5. The molecular formula is C14H18F3N7O. The van der Waals surface area contributed by atoms with Crippen LogP contribution in [0.15, 0.2) is 29.6 Å². The molecule has 2 heterocycles. The number of alkyl halides is 3. The lowest BCUT2D eigenvalue weighted by Crippen LogP contribution is -2.37. The average Bonchev–Trinajstić information content (AvgIpc) is 2.98. The molecule has 2 aromatic heterocycles. The summed E-state index contributed by atoms with van der Waals surface area (Å²) >= 11 is 0. The molecule has 2 N–H and O–H groups in total. The van der Waals surface area contributed by atoms with Gasteiger partial charge in [0.1, 0.15) is 12.2 Å². The highest BCUT2D eigenvalue weighted by molar-refractivity contribution is 5.79. The first kappa shape index (κ1) is 18.5. The first-order chi connectivity index (χ1) is 11.9. The fourth-order valence-electron chi connectivity index (χ4n) is 1.81. The van der Waals surface area contributed by atoms with Crippen LogP contribution in [0.1, 0.15) is 11.4 Å². The smallest absolute Gasteiger partial charge is 0.422 e. The SMILES string of the molecule is CN=C(NCc1ccc(OCC(F)(F)F)nc1)NCc1ncnn1C. The first-order valence-corrected chi connectivity index (χ1v) is 7.29. The van der Waals surface area contributed by atoms with Gasteiger partial charge in [-0.15, -0.1) is 0 Å². The highest BCUT2D eigenvalue weighted by Crippen LogP contribution is 2.16. The molecule has 2 rings (SSSR count). The zero-order valence-corrected chi connectivity index (χ0v) is 13.7. The van der Waals surface area contributed by atoms with Crippen molar-refractivity contribution in [2.75, 3.05) is 13.7 Å². The van der Waals surface area contributed by atoms with E-state index in [1.54, 1.807) is 24.8 Å². The van der Waals surface area contributed by atoms with Gasteiger partial charge in [-0.25, -0.2) is 9.97 Å². The van der Waals surface area contributed by atoms with Crippen molar-refractivity contribution in [3.8, 4) is 5.88 Å². The van der Waals surface area contributed by atoms with E-state index in [0.717, 1.165) is 11.4 Å². The molecule has 0 spiro atoms. The van der Waals surface area contributed by atoms with E-state index in [9.17, 15) is 13.2 Å². The van der Waals surface area contributed by atoms with Crippen molar-refractivity contribution in [2.45, 2.75) is 19.3 Å². The van der Waals surface area contributed by atoms with Gasteiger partial charge in [0.2, 0.25) is 5.88 Å². The zero-order valence-electron chi connectivity index (χ0n) is 13.7. The number of aliphatic imine (C=N–C) groups is 1. The Bertz CT molecular complexity index is 697. The van der Waals surface area contributed by atoms with Crippen LogP contribution in [0.25, 0.3) is 0 Å². The zero-order chi connectivity index (χ0) is 18.3. The second kappa shape index (κ2) is 8.31. The molecule has 11 heteroatoms. The van der Waals surface area contributed by atoms with Crippen LogP contribution in [-0.4, -0.2) is 45.5 Å². The Balaban J connectivity index is 1.80. The van der Waals surface area contributed by atoms with Crippen molar-refractivity contribution in [3.05, 3.63) is 36.0 Å². The summed E-state index contributed by atoms with van der Waals surface area (Å²) < 4.78 is 42.4. The Morgan fingerprint density at radius 1 is 1.24 bits per heavy atom. The number of pyridine rings is 1. The maximum Gasteiger partial charge on any atom is 0.422 e. The molecule has 0 bridgehead atoms. The van der Waals surface area contributed by atoms with Crippen LogP contribution in [0.4, 0.5) is 13.2 Å². The van der Waals surface area contributed by atoms with Crippen LogP contribution in [-0.2, 0) is 20.1 Å². The Kier molecular flexibility index (Phi) is 6.14. The Hall–Kier alpha value is -2.85. The monoisotopic (exact) mass is 357 g/mol. The minimum Gasteiger partial charge on any atom is -0.468 e. The molecule has 0 aliphatic heterocycles. The summed E-state index contributed by atoms with van der Waals surface area (Å²) in [5, 5.41) is 10.1. The lowest BCUT2D eigenvalue weighted by atomic mass is 10.3. The van der Waals surface area contributed by atoms with Crippen LogP contribution in [0.2, 0.25) is 0 Å². The molecule has 8 nitrogen and oxygen atoms in total. The van der Waals surface area contributed by atoms with Crippen LogP contribution >= 0.6 is 0 Å². The van der Waals surface area contributed by atoms with E-state index in [1.807, 2.05) is 0 Å². The minimum absolute atomic E-state index is 0.0779. The first-order valence-electron chi connectivity index (χ1n) is 7.29. The number of rotatable bonds is 6. The van der Waals surface area contributed by atoms with Crippen molar-refractivity contribution >= 4 is 5.96 Å². The Morgan fingerprint density at radius 3 is 2.56 bits per heavy atom. The third-order valence-electron chi connectivity index (χ3n) is 3.08. The van der Waals surface area contributed by atoms with Crippen molar-refractivity contribution in [1.29, 1.82) is 0 Å². The highest BCUT2D eigenvalue weighted by Gasteiger charge is 2.28. The number of nitrogens with one attached hydrogen (secondary N) is 2.